The zero-order chi connectivity index (χ0) is 21.4. The quantitative estimate of drug-likeness (QED) is 0.194. The molecule has 0 amide bonds. The van der Waals surface area contributed by atoms with Crippen LogP contribution in [0.3, 0.4) is 0 Å². The second kappa shape index (κ2) is 15.5. The molecule has 1 aliphatic rings. The molecular weight excluding hydrogens is 364 g/mol. The standard InChI is InChI=1S/C29H48O/c1-4-7-9-10-11-13-24-30-28-22-20-27(21-23-28)29(14-6-3)26-18-16-25(17-19-26)15-12-8-5-2/h6,20-23,25-26,29H,3-5,7-19,24H2,1-2H3/t25-,26-,29?. The van der Waals surface area contributed by atoms with Gasteiger partial charge in [0, 0.05) is 0 Å². The van der Waals surface area contributed by atoms with E-state index in [2.05, 4.69) is 50.8 Å². The molecule has 1 fully saturated rings. The van der Waals surface area contributed by atoms with E-state index in [1.807, 2.05) is 0 Å². The van der Waals surface area contributed by atoms with E-state index < -0.39 is 0 Å². The molecular formula is C29H48O. The van der Waals surface area contributed by atoms with Crippen LogP contribution in [0.15, 0.2) is 36.9 Å². The monoisotopic (exact) mass is 412 g/mol. The molecule has 0 radical (unpaired) electrons. The van der Waals surface area contributed by atoms with Crippen molar-refractivity contribution < 1.29 is 4.74 Å². The highest BCUT2D eigenvalue weighted by Gasteiger charge is 2.27. The zero-order valence-corrected chi connectivity index (χ0v) is 20.0. The number of ether oxygens (including phenoxy) is 1. The largest absolute Gasteiger partial charge is 0.494 e. The van der Waals surface area contributed by atoms with Crippen LogP contribution in [0.1, 0.15) is 122 Å². The molecule has 0 saturated heterocycles. The first-order valence-electron chi connectivity index (χ1n) is 13.1. The molecule has 2 rings (SSSR count). The lowest BCUT2D eigenvalue weighted by molar-refractivity contribution is 0.230. The Morgan fingerprint density at radius 1 is 0.867 bits per heavy atom. The Labute approximate surface area is 187 Å². The second-order valence-electron chi connectivity index (χ2n) is 9.59. The summed E-state index contributed by atoms with van der Waals surface area (Å²) in [6.07, 6.45) is 22.4. The smallest absolute Gasteiger partial charge is 0.119 e. The van der Waals surface area contributed by atoms with Crippen molar-refractivity contribution in [1.29, 1.82) is 0 Å². The third kappa shape index (κ3) is 9.27. The Hall–Kier alpha value is -1.24. The first kappa shape index (κ1) is 25.0. The van der Waals surface area contributed by atoms with Crippen LogP contribution in [0.4, 0.5) is 0 Å². The summed E-state index contributed by atoms with van der Waals surface area (Å²) < 4.78 is 5.99. The van der Waals surface area contributed by atoms with E-state index >= 15 is 0 Å². The Morgan fingerprint density at radius 2 is 1.50 bits per heavy atom. The van der Waals surface area contributed by atoms with E-state index in [1.165, 1.54) is 95.5 Å². The van der Waals surface area contributed by atoms with Gasteiger partial charge in [-0.3, -0.25) is 0 Å². The number of hydrogen-bond donors (Lipinski definition) is 0. The van der Waals surface area contributed by atoms with Crippen molar-refractivity contribution in [2.24, 2.45) is 11.8 Å². The van der Waals surface area contributed by atoms with Gasteiger partial charge in [-0.2, -0.15) is 0 Å². The van der Waals surface area contributed by atoms with Gasteiger partial charge < -0.3 is 4.74 Å². The van der Waals surface area contributed by atoms with E-state index in [9.17, 15) is 0 Å². The van der Waals surface area contributed by atoms with Crippen LogP contribution in [-0.4, -0.2) is 6.61 Å². The van der Waals surface area contributed by atoms with Gasteiger partial charge >= 0.3 is 0 Å². The van der Waals surface area contributed by atoms with Gasteiger partial charge in [-0.1, -0.05) is 103 Å². The average Bonchev–Trinajstić information content (AvgIpc) is 2.78. The van der Waals surface area contributed by atoms with E-state index in [0.29, 0.717) is 5.92 Å². The van der Waals surface area contributed by atoms with Crippen LogP contribution < -0.4 is 4.74 Å². The molecule has 1 aromatic rings. The summed E-state index contributed by atoms with van der Waals surface area (Å²) in [4.78, 5) is 0. The predicted molar refractivity (Wildman–Crippen MR) is 132 cm³/mol. The predicted octanol–water partition coefficient (Wildman–Crippen LogP) is 9.47. The highest BCUT2D eigenvalue weighted by Crippen LogP contribution is 2.41. The molecule has 1 unspecified atom stereocenters. The van der Waals surface area contributed by atoms with Gasteiger partial charge in [0.25, 0.3) is 0 Å². The van der Waals surface area contributed by atoms with Gasteiger partial charge in [0.2, 0.25) is 0 Å². The lowest BCUT2D eigenvalue weighted by atomic mass is 9.71. The second-order valence-corrected chi connectivity index (χ2v) is 9.59. The Bertz CT molecular complexity index is 538. The van der Waals surface area contributed by atoms with E-state index in [-0.39, 0.29) is 0 Å². The molecule has 30 heavy (non-hydrogen) atoms. The summed E-state index contributed by atoms with van der Waals surface area (Å²) in [7, 11) is 0. The van der Waals surface area contributed by atoms with Crippen LogP contribution in [0.25, 0.3) is 0 Å². The van der Waals surface area contributed by atoms with Crippen LogP contribution >= 0.6 is 0 Å². The van der Waals surface area contributed by atoms with Gasteiger partial charge in [-0.05, 0) is 61.1 Å². The first-order valence-corrected chi connectivity index (χ1v) is 13.1. The van der Waals surface area contributed by atoms with E-state index in [0.717, 1.165) is 30.6 Å². The fraction of sp³-hybridized carbons (Fsp3) is 0.724. The lowest BCUT2D eigenvalue weighted by Gasteiger charge is -2.34. The molecule has 1 atom stereocenters. The minimum absolute atomic E-state index is 0.631. The highest BCUT2D eigenvalue weighted by molar-refractivity contribution is 5.30. The third-order valence-electron chi connectivity index (χ3n) is 7.17. The summed E-state index contributed by atoms with van der Waals surface area (Å²) in [6, 6.07) is 9.02. The van der Waals surface area contributed by atoms with Crippen LogP contribution in [-0.2, 0) is 0 Å². The van der Waals surface area contributed by atoms with Crippen molar-refractivity contribution in [2.45, 2.75) is 116 Å². The third-order valence-corrected chi connectivity index (χ3v) is 7.17. The molecule has 1 aromatic carbocycles. The molecule has 0 bridgehead atoms. The maximum absolute atomic E-state index is 5.99. The fourth-order valence-corrected chi connectivity index (χ4v) is 5.23. The molecule has 1 saturated carbocycles. The topological polar surface area (TPSA) is 9.23 Å². The van der Waals surface area contributed by atoms with Crippen molar-refractivity contribution >= 4 is 0 Å². The number of rotatable bonds is 16. The summed E-state index contributed by atoms with van der Waals surface area (Å²) in [6.45, 7) is 9.48. The summed E-state index contributed by atoms with van der Waals surface area (Å²) in [5, 5.41) is 0. The van der Waals surface area contributed by atoms with E-state index in [4.69, 9.17) is 4.74 Å². The number of benzene rings is 1. The van der Waals surface area contributed by atoms with Gasteiger partial charge in [-0.15, -0.1) is 6.58 Å². The molecule has 0 spiro atoms. The number of allylic oxidation sites excluding steroid dienone is 1. The Kier molecular flexibility index (Phi) is 13.0. The zero-order valence-electron chi connectivity index (χ0n) is 20.0. The van der Waals surface area contributed by atoms with Crippen molar-refractivity contribution in [2.75, 3.05) is 6.61 Å². The maximum atomic E-state index is 5.99. The summed E-state index contributed by atoms with van der Waals surface area (Å²) in [5.74, 6) is 3.46. The highest BCUT2D eigenvalue weighted by atomic mass is 16.5. The van der Waals surface area contributed by atoms with Crippen molar-refractivity contribution in [3.8, 4) is 5.75 Å². The summed E-state index contributed by atoms with van der Waals surface area (Å²) >= 11 is 0. The minimum Gasteiger partial charge on any atom is -0.494 e. The molecule has 0 N–H and O–H groups in total. The van der Waals surface area contributed by atoms with Crippen molar-refractivity contribution in [3.05, 3.63) is 42.5 Å². The Morgan fingerprint density at radius 3 is 2.17 bits per heavy atom. The van der Waals surface area contributed by atoms with Crippen molar-refractivity contribution in [1.82, 2.24) is 0 Å². The minimum atomic E-state index is 0.631. The molecule has 1 heteroatoms. The summed E-state index contributed by atoms with van der Waals surface area (Å²) in [5.41, 5.74) is 1.48. The van der Waals surface area contributed by atoms with Gasteiger partial charge in [0.15, 0.2) is 0 Å². The fourth-order valence-electron chi connectivity index (χ4n) is 5.23. The van der Waals surface area contributed by atoms with E-state index in [1.54, 1.807) is 0 Å². The number of hydrogen-bond acceptors (Lipinski definition) is 1. The normalized spacial score (nSPS) is 20.1. The molecule has 0 aromatic heterocycles. The maximum Gasteiger partial charge on any atom is 0.119 e. The first-order chi connectivity index (χ1) is 14.8. The molecule has 170 valence electrons. The molecule has 1 aliphatic carbocycles. The van der Waals surface area contributed by atoms with Crippen LogP contribution in [0.2, 0.25) is 0 Å². The van der Waals surface area contributed by atoms with Crippen molar-refractivity contribution in [3.63, 3.8) is 0 Å². The van der Waals surface area contributed by atoms with Gasteiger partial charge in [0.1, 0.15) is 5.75 Å². The SMILES string of the molecule is C=CCC(c1ccc(OCCCCCCCC)cc1)[C@H]1CC[C@H](CCCCC)CC1. The molecule has 1 nitrogen and oxygen atoms in total. The van der Waals surface area contributed by atoms with Gasteiger partial charge in [0.05, 0.1) is 6.61 Å². The van der Waals surface area contributed by atoms with Crippen LogP contribution in [0, 0.1) is 11.8 Å². The molecule has 0 heterocycles. The Balaban J connectivity index is 1.77. The lowest BCUT2D eigenvalue weighted by Crippen LogP contribution is -2.20. The number of unbranched alkanes of at least 4 members (excludes halogenated alkanes) is 7. The average molecular weight is 413 g/mol. The van der Waals surface area contributed by atoms with Gasteiger partial charge in [-0.25, -0.2) is 0 Å². The molecule has 0 aliphatic heterocycles. The van der Waals surface area contributed by atoms with Crippen LogP contribution in [0.5, 0.6) is 5.75 Å².